The molecule has 4 N–H and O–H groups in total. The van der Waals surface area contributed by atoms with Crippen molar-refractivity contribution in [3.8, 4) is 0 Å². The normalized spacial score (nSPS) is 12.2. The largest absolute Gasteiger partial charge is 0.340 e. The van der Waals surface area contributed by atoms with Crippen molar-refractivity contribution in [1.29, 1.82) is 0 Å². The van der Waals surface area contributed by atoms with Crippen LogP contribution < -0.4 is 11.4 Å². The highest BCUT2D eigenvalue weighted by Crippen LogP contribution is 1.94. The van der Waals surface area contributed by atoms with Gasteiger partial charge in [-0.05, 0) is 6.92 Å². The van der Waals surface area contributed by atoms with Gasteiger partial charge in [-0.2, -0.15) is 5.10 Å². The zero-order valence-electron chi connectivity index (χ0n) is 5.42. The number of aromatic nitrogens is 3. The van der Waals surface area contributed by atoms with E-state index in [4.69, 9.17) is 5.73 Å². The van der Waals surface area contributed by atoms with E-state index in [0.29, 0.717) is 5.82 Å². The van der Waals surface area contributed by atoms with Crippen molar-refractivity contribution >= 4 is 12.4 Å². The van der Waals surface area contributed by atoms with Crippen LogP contribution in [0.1, 0.15) is 18.8 Å². The lowest BCUT2D eigenvalue weighted by molar-refractivity contribution is 0.745. The predicted octanol–water partition coefficient (Wildman–Crippen LogP) is -0.460. The van der Waals surface area contributed by atoms with E-state index < -0.39 is 0 Å². The minimum Gasteiger partial charge on any atom is -0.322 e. The van der Waals surface area contributed by atoms with E-state index in [2.05, 4.69) is 15.2 Å². The third-order valence-corrected chi connectivity index (χ3v) is 0.951. The smallest absolute Gasteiger partial charge is 0.322 e. The standard InChI is InChI=1S/C4H8N4O.ClH/c1-2(5)3-6-4(9)8-7-3;/h2H,5H2,1H3,(H2,6,7,8,9);1H. The quantitative estimate of drug-likeness (QED) is 0.525. The molecule has 0 saturated heterocycles. The van der Waals surface area contributed by atoms with Crippen LogP contribution in [0.3, 0.4) is 0 Å². The predicted molar refractivity (Wildman–Crippen MR) is 39.1 cm³/mol. The first-order valence-corrected chi connectivity index (χ1v) is 2.60. The molecule has 0 saturated carbocycles. The van der Waals surface area contributed by atoms with Crippen molar-refractivity contribution in [1.82, 2.24) is 15.2 Å². The van der Waals surface area contributed by atoms with E-state index in [0.717, 1.165) is 0 Å². The summed E-state index contributed by atoms with van der Waals surface area (Å²) in [6.45, 7) is 1.74. The lowest BCUT2D eigenvalue weighted by Gasteiger charge is -1.94. The third kappa shape index (κ3) is 1.85. The van der Waals surface area contributed by atoms with Crippen LogP contribution in [0.4, 0.5) is 0 Å². The number of rotatable bonds is 1. The summed E-state index contributed by atoms with van der Waals surface area (Å²) in [4.78, 5) is 12.8. The highest BCUT2D eigenvalue weighted by Gasteiger charge is 2.01. The lowest BCUT2D eigenvalue weighted by Crippen LogP contribution is -2.08. The first-order valence-electron chi connectivity index (χ1n) is 2.60. The fourth-order valence-corrected chi connectivity index (χ4v) is 0.499. The molecule has 0 aliphatic rings. The van der Waals surface area contributed by atoms with Crippen LogP contribution in [0.25, 0.3) is 0 Å². The molecule has 1 heterocycles. The molecule has 1 aromatic heterocycles. The second kappa shape index (κ2) is 3.38. The molecule has 1 aromatic rings. The summed E-state index contributed by atoms with van der Waals surface area (Å²) >= 11 is 0. The Bertz CT molecular complexity index is 239. The minimum atomic E-state index is -0.317. The molecule has 0 amide bonds. The topological polar surface area (TPSA) is 87.6 Å². The fourth-order valence-electron chi connectivity index (χ4n) is 0.499. The molecular weight excluding hydrogens is 156 g/mol. The molecule has 0 fully saturated rings. The van der Waals surface area contributed by atoms with Gasteiger partial charge < -0.3 is 5.73 Å². The number of H-pyrrole nitrogens is 2. The molecule has 10 heavy (non-hydrogen) atoms. The average molecular weight is 165 g/mol. The number of hydrogen-bond acceptors (Lipinski definition) is 3. The van der Waals surface area contributed by atoms with Gasteiger partial charge in [-0.3, -0.25) is 4.98 Å². The molecular formula is C4H9ClN4O. The summed E-state index contributed by atoms with van der Waals surface area (Å²) in [5, 5.41) is 5.81. The number of nitrogens with two attached hydrogens (primary N) is 1. The molecule has 58 valence electrons. The van der Waals surface area contributed by atoms with Crippen LogP contribution in [0.2, 0.25) is 0 Å². The molecule has 1 rings (SSSR count). The Balaban J connectivity index is 0.000000810. The molecule has 1 unspecified atom stereocenters. The van der Waals surface area contributed by atoms with Crippen LogP contribution in [-0.2, 0) is 0 Å². The Morgan fingerprint density at radius 3 is 2.50 bits per heavy atom. The minimum absolute atomic E-state index is 0. The Labute approximate surface area is 63.4 Å². The van der Waals surface area contributed by atoms with Gasteiger partial charge in [0, 0.05) is 0 Å². The van der Waals surface area contributed by atoms with E-state index >= 15 is 0 Å². The van der Waals surface area contributed by atoms with Gasteiger partial charge in [0.05, 0.1) is 6.04 Å². The van der Waals surface area contributed by atoms with Crippen molar-refractivity contribution in [2.75, 3.05) is 0 Å². The maximum Gasteiger partial charge on any atom is 0.340 e. The Kier molecular flexibility index (Phi) is 3.11. The lowest BCUT2D eigenvalue weighted by atomic mass is 10.4. The Morgan fingerprint density at radius 1 is 1.70 bits per heavy atom. The fraction of sp³-hybridized carbons (Fsp3) is 0.500. The summed E-state index contributed by atoms with van der Waals surface area (Å²) in [5.41, 5.74) is 5.06. The zero-order chi connectivity index (χ0) is 6.85. The SMILES string of the molecule is CC(N)c1n[nH]c(=O)[nH]1.Cl. The van der Waals surface area contributed by atoms with E-state index in [1.807, 2.05) is 0 Å². The van der Waals surface area contributed by atoms with Crippen molar-refractivity contribution in [2.45, 2.75) is 13.0 Å². The summed E-state index contributed by atoms with van der Waals surface area (Å²) in [6, 6.07) is -0.219. The molecule has 0 bridgehead atoms. The van der Waals surface area contributed by atoms with Crippen molar-refractivity contribution in [3.63, 3.8) is 0 Å². The first-order chi connectivity index (χ1) is 4.20. The van der Waals surface area contributed by atoms with Gasteiger partial charge in [-0.1, -0.05) is 0 Å². The molecule has 5 nitrogen and oxygen atoms in total. The second-order valence-electron chi connectivity index (χ2n) is 1.85. The average Bonchev–Trinajstić information content (AvgIpc) is 2.14. The van der Waals surface area contributed by atoms with Gasteiger partial charge in [-0.15, -0.1) is 12.4 Å². The van der Waals surface area contributed by atoms with Gasteiger partial charge in [0.2, 0.25) is 0 Å². The molecule has 0 radical (unpaired) electrons. The van der Waals surface area contributed by atoms with Crippen molar-refractivity contribution in [3.05, 3.63) is 16.3 Å². The third-order valence-electron chi connectivity index (χ3n) is 0.951. The molecule has 1 atom stereocenters. The second-order valence-corrected chi connectivity index (χ2v) is 1.85. The van der Waals surface area contributed by atoms with Crippen LogP contribution >= 0.6 is 12.4 Å². The van der Waals surface area contributed by atoms with E-state index in [1.54, 1.807) is 6.92 Å². The van der Waals surface area contributed by atoms with E-state index in [9.17, 15) is 4.79 Å². The molecule has 0 aliphatic heterocycles. The van der Waals surface area contributed by atoms with E-state index in [1.165, 1.54) is 0 Å². The summed E-state index contributed by atoms with van der Waals surface area (Å²) in [5.74, 6) is 0.486. The van der Waals surface area contributed by atoms with Crippen molar-refractivity contribution in [2.24, 2.45) is 5.73 Å². The van der Waals surface area contributed by atoms with Crippen LogP contribution in [0.15, 0.2) is 4.79 Å². The molecule has 0 spiro atoms. The van der Waals surface area contributed by atoms with Crippen LogP contribution in [0, 0.1) is 0 Å². The maximum absolute atomic E-state index is 10.4. The van der Waals surface area contributed by atoms with E-state index in [-0.39, 0.29) is 24.1 Å². The highest BCUT2D eigenvalue weighted by molar-refractivity contribution is 5.85. The summed E-state index contributed by atoms with van der Waals surface area (Å²) in [6.07, 6.45) is 0. The monoisotopic (exact) mass is 164 g/mol. The number of aromatic amines is 2. The van der Waals surface area contributed by atoms with Gasteiger partial charge in [0.1, 0.15) is 5.82 Å². The summed E-state index contributed by atoms with van der Waals surface area (Å²) < 4.78 is 0. The molecule has 0 aliphatic carbocycles. The van der Waals surface area contributed by atoms with Gasteiger partial charge in [0.15, 0.2) is 0 Å². The Hall–Kier alpha value is -0.810. The summed E-state index contributed by atoms with van der Waals surface area (Å²) in [7, 11) is 0. The Morgan fingerprint density at radius 2 is 2.30 bits per heavy atom. The number of halogens is 1. The first kappa shape index (κ1) is 9.19. The van der Waals surface area contributed by atoms with Gasteiger partial charge in [-0.25, -0.2) is 9.89 Å². The highest BCUT2D eigenvalue weighted by atomic mass is 35.5. The van der Waals surface area contributed by atoms with Crippen LogP contribution in [-0.4, -0.2) is 15.2 Å². The maximum atomic E-state index is 10.4. The molecule has 6 heteroatoms. The van der Waals surface area contributed by atoms with Gasteiger partial charge in [0.25, 0.3) is 0 Å². The zero-order valence-corrected chi connectivity index (χ0v) is 6.23. The molecule has 0 aromatic carbocycles. The van der Waals surface area contributed by atoms with Crippen molar-refractivity contribution < 1.29 is 0 Å². The van der Waals surface area contributed by atoms with Crippen LogP contribution in [0.5, 0.6) is 0 Å². The number of hydrogen-bond donors (Lipinski definition) is 3. The number of nitrogens with one attached hydrogen (secondary N) is 2. The number of nitrogens with zero attached hydrogens (tertiary/aromatic N) is 1. The van der Waals surface area contributed by atoms with Gasteiger partial charge >= 0.3 is 5.69 Å².